The van der Waals surface area contributed by atoms with Gasteiger partial charge in [0, 0.05) is 24.6 Å². The highest BCUT2D eigenvalue weighted by molar-refractivity contribution is 5.99. The zero-order valence-corrected chi connectivity index (χ0v) is 18.8. The van der Waals surface area contributed by atoms with E-state index in [0.29, 0.717) is 29.5 Å². The maximum atomic E-state index is 13.1. The molecule has 0 bridgehead atoms. The average Bonchev–Trinajstić information content (AvgIpc) is 3.47. The van der Waals surface area contributed by atoms with Gasteiger partial charge in [-0.05, 0) is 38.0 Å². The van der Waals surface area contributed by atoms with E-state index in [4.69, 9.17) is 4.52 Å². The van der Waals surface area contributed by atoms with Crippen LogP contribution in [0.1, 0.15) is 44.1 Å². The predicted octanol–water partition coefficient (Wildman–Crippen LogP) is 4.83. The minimum Gasteiger partial charge on any atom is -0.339 e. The summed E-state index contributed by atoms with van der Waals surface area (Å²) in [5.41, 5.74) is 3.25. The number of aryl methyl sites for hydroxylation is 1. The van der Waals surface area contributed by atoms with Crippen molar-refractivity contribution in [3.05, 3.63) is 54.1 Å². The van der Waals surface area contributed by atoms with Gasteiger partial charge in [0.05, 0.1) is 17.2 Å². The minimum absolute atomic E-state index is 0.0926. The minimum atomic E-state index is -0.349. The van der Waals surface area contributed by atoms with Crippen molar-refractivity contribution in [2.24, 2.45) is 5.92 Å². The molecule has 3 aromatic rings. The molecular weight excluding hydrogens is 416 g/mol. The number of nitrogens with one attached hydrogen (secondary N) is 1. The van der Waals surface area contributed by atoms with Crippen molar-refractivity contribution >= 4 is 17.5 Å². The standard InChI is InChI=1S/C26H28N4O3/c1-17-8-7-9-18(14-17)24-28-26(33-29-24)21-12-5-6-13-22(21)27-25(32)19-15-23(31)30(16-19)20-10-3-2-4-11-20/h5-9,12-14,19-20H,2-4,10-11,15-16H2,1H3,(H,27,32). The monoisotopic (exact) mass is 444 g/mol. The van der Waals surface area contributed by atoms with Crippen LogP contribution in [0.2, 0.25) is 0 Å². The molecule has 2 aromatic carbocycles. The average molecular weight is 445 g/mol. The quantitative estimate of drug-likeness (QED) is 0.609. The van der Waals surface area contributed by atoms with Crippen molar-refractivity contribution in [1.29, 1.82) is 0 Å². The number of amides is 2. The van der Waals surface area contributed by atoms with Crippen molar-refractivity contribution in [3.63, 3.8) is 0 Å². The molecule has 33 heavy (non-hydrogen) atoms. The van der Waals surface area contributed by atoms with Crippen LogP contribution in [0.5, 0.6) is 0 Å². The molecule has 170 valence electrons. The van der Waals surface area contributed by atoms with Gasteiger partial charge in [0.1, 0.15) is 0 Å². The van der Waals surface area contributed by atoms with Crippen LogP contribution in [0, 0.1) is 12.8 Å². The van der Waals surface area contributed by atoms with Crippen LogP contribution in [0.15, 0.2) is 53.1 Å². The van der Waals surface area contributed by atoms with Gasteiger partial charge in [0.2, 0.25) is 17.6 Å². The van der Waals surface area contributed by atoms with E-state index in [9.17, 15) is 9.59 Å². The largest absolute Gasteiger partial charge is 0.339 e. The second-order valence-electron chi connectivity index (χ2n) is 9.07. The lowest BCUT2D eigenvalue weighted by molar-refractivity contribution is -0.130. The maximum absolute atomic E-state index is 13.1. The Morgan fingerprint density at radius 3 is 2.73 bits per heavy atom. The van der Waals surface area contributed by atoms with Crippen LogP contribution in [-0.4, -0.2) is 39.4 Å². The van der Waals surface area contributed by atoms with Gasteiger partial charge in [-0.2, -0.15) is 4.98 Å². The first-order valence-corrected chi connectivity index (χ1v) is 11.7. The van der Waals surface area contributed by atoms with E-state index in [2.05, 4.69) is 15.5 Å². The Bertz CT molecular complexity index is 1170. The fraction of sp³-hybridized carbons (Fsp3) is 0.385. The molecule has 5 rings (SSSR count). The molecule has 7 heteroatoms. The molecule has 1 aliphatic heterocycles. The number of anilines is 1. The number of rotatable bonds is 5. The lowest BCUT2D eigenvalue weighted by Gasteiger charge is -2.31. The lowest BCUT2D eigenvalue weighted by Crippen LogP contribution is -2.38. The molecular formula is C26H28N4O3. The van der Waals surface area contributed by atoms with E-state index in [1.54, 1.807) is 0 Å². The lowest BCUT2D eigenvalue weighted by atomic mass is 9.94. The molecule has 1 N–H and O–H groups in total. The third kappa shape index (κ3) is 4.53. The number of hydrogen-bond acceptors (Lipinski definition) is 5. The van der Waals surface area contributed by atoms with E-state index in [1.165, 1.54) is 6.42 Å². The van der Waals surface area contributed by atoms with Crippen LogP contribution >= 0.6 is 0 Å². The maximum Gasteiger partial charge on any atom is 0.260 e. The van der Waals surface area contributed by atoms with Gasteiger partial charge < -0.3 is 14.7 Å². The number of hydrogen-bond donors (Lipinski definition) is 1. The highest BCUT2D eigenvalue weighted by Gasteiger charge is 2.38. The second kappa shape index (κ2) is 9.17. The Morgan fingerprint density at radius 2 is 1.91 bits per heavy atom. The Morgan fingerprint density at radius 1 is 1.09 bits per heavy atom. The fourth-order valence-electron chi connectivity index (χ4n) is 4.90. The SMILES string of the molecule is Cc1cccc(-c2noc(-c3ccccc3NC(=O)C3CC(=O)N(C4CCCCC4)C3)n2)c1. The molecule has 2 heterocycles. The second-order valence-corrected chi connectivity index (χ2v) is 9.07. The molecule has 1 unspecified atom stereocenters. The predicted molar refractivity (Wildman–Crippen MR) is 125 cm³/mol. The van der Waals surface area contributed by atoms with Crippen molar-refractivity contribution in [3.8, 4) is 22.8 Å². The van der Waals surface area contributed by atoms with Gasteiger partial charge in [0.25, 0.3) is 5.89 Å². The molecule has 2 amide bonds. The third-order valence-electron chi connectivity index (χ3n) is 6.66. The normalized spacial score (nSPS) is 19.1. The summed E-state index contributed by atoms with van der Waals surface area (Å²) in [5.74, 6) is 0.439. The molecule has 1 saturated heterocycles. The van der Waals surface area contributed by atoms with Crippen LogP contribution in [0.3, 0.4) is 0 Å². The van der Waals surface area contributed by atoms with Gasteiger partial charge in [-0.15, -0.1) is 0 Å². The smallest absolute Gasteiger partial charge is 0.260 e. The molecule has 7 nitrogen and oxygen atoms in total. The number of para-hydroxylation sites is 1. The summed E-state index contributed by atoms with van der Waals surface area (Å²) in [4.78, 5) is 32.2. The Labute approximate surface area is 193 Å². The van der Waals surface area contributed by atoms with Crippen LogP contribution in [0.4, 0.5) is 5.69 Å². The molecule has 1 saturated carbocycles. The Balaban J connectivity index is 1.32. The van der Waals surface area contributed by atoms with Crippen LogP contribution in [-0.2, 0) is 9.59 Å². The number of likely N-dealkylation sites (tertiary alicyclic amines) is 1. The molecule has 0 spiro atoms. The highest BCUT2D eigenvalue weighted by Crippen LogP contribution is 2.32. The van der Waals surface area contributed by atoms with E-state index < -0.39 is 0 Å². The number of carbonyl (C=O) groups excluding carboxylic acids is 2. The summed E-state index contributed by atoms with van der Waals surface area (Å²) < 4.78 is 5.53. The Hall–Kier alpha value is -3.48. The van der Waals surface area contributed by atoms with Gasteiger partial charge >= 0.3 is 0 Å². The summed E-state index contributed by atoms with van der Waals surface area (Å²) in [6.45, 7) is 2.51. The van der Waals surface area contributed by atoms with Gasteiger partial charge in [0.15, 0.2) is 0 Å². The zero-order chi connectivity index (χ0) is 22.8. The van der Waals surface area contributed by atoms with Crippen molar-refractivity contribution < 1.29 is 14.1 Å². The molecule has 1 aliphatic carbocycles. The Kier molecular flexibility index (Phi) is 5.94. The highest BCUT2D eigenvalue weighted by atomic mass is 16.5. The topological polar surface area (TPSA) is 88.3 Å². The number of carbonyl (C=O) groups is 2. The molecule has 0 radical (unpaired) electrons. The van der Waals surface area contributed by atoms with Gasteiger partial charge in [-0.1, -0.05) is 60.3 Å². The van der Waals surface area contributed by atoms with Crippen LogP contribution in [0.25, 0.3) is 22.8 Å². The first-order valence-electron chi connectivity index (χ1n) is 11.7. The van der Waals surface area contributed by atoms with Gasteiger partial charge in [-0.3, -0.25) is 9.59 Å². The summed E-state index contributed by atoms with van der Waals surface area (Å²) >= 11 is 0. The fourth-order valence-corrected chi connectivity index (χ4v) is 4.90. The van der Waals surface area contributed by atoms with E-state index in [-0.39, 0.29) is 30.2 Å². The molecule has 2 aliphatic rings. The van der Waals surface area contributed by atoms with Crippen molar-refractivity contribution in [2.75, 3.05) is 11.9 Å². The number of nitrogens with zero attached hydrogens (tertiary/aromatic N) is 3. The summed E-state index contributed by atoms with van der Waals surface area (Å²) in [5, 5.41) is 7.13. The number of aromatic nitrogens is 2. The molecule has 2 fully saturated rings. The summed E-state index contributed by atoms with van der Waals surface area (Å²) in [6, 6.07) is 15.6. The van der Waals surface area contributed by atoms with Crippen LogP contribution < -0.4 is 5.32 Å². The van der Waals surface area contributed by atoms with E-state index >= 15 is 0 Å². The van der Waals surface area contributed by atoms with E-state index in [0.717, 1.165) is 36.8 Å². The first kappa shape index (κ1) is 21.4. The van der Waals surface area contributed by atoms with Gasteiger partial charge in [-0.25, -0.2) is 0 Å². The van der Waals surface area contributed by atoms with Crippen molar-refractivity contribution in [1.82, 2.24) is 15.0 Å². The third-order valence-corrected chi connectivity index (χ3v) is 6.66. The van der Waals surface area contributed by atoms with E-state index in [1.807, 2.05) is 60.4 Å². The first-order chi connectivity index (χ1) is 16.1. The zero-order valence-electron chi connectivity index (χ0n) is 18.8. The summed E-state index contributed by atoms with van der Waals surface area (Å²) in [6.07, 6.45) is 5.91. The molecule has 1 aromatic heterocycles. The molecule has 1 atom stereocenters. The number of benzene rings is 2. The summed E-state index contributed by atoms with van der Waals surface area (Å²) in [7, 11) is 0. The van der Waals surface area contributed by atoms with Crippen molar-refractivity contribution in [2.45, 2.75) is 51.5 Å².